The third-order valence-electron chi connectivity index (χ3n) is 1.38. The predicted octanol–water partition coefficient (Wildman–Crippen LogP) is 0.0709. The first-order chi connectivity index (χ1) is 5.39. The first kappa shape index (κ1) is 11.3. The van der Waals surface area contributed by atoms with Crippen molar-refractivity contribution >= 4 is 15.8 Å². The number of rotatable bonds is 5. The van der Waals surface area contributed by atoms with E-state index >= 15 is 0 Å². The van der Waals surface area contributed by atoms with Crippen LogP contribution in [0.1, 0.15) is 13.3 Å². The molecular weight excluding hydrogens is 178 g/mol. The van der Waals surface area contributed by atoms with Crippen molar-refractivity contribution in [3.05, 3.63) is 12.2 Å². The summed E-state index contributed by atoms with van der Waals surface area (Å²) in [6.45, 7) is 4.98. The Morgan fingerprint density at radius 3 is 2.33 bits per heavy atom. The molecule has 0 aliphatic heterocycles. The number of carbonyl (C=O) groups excluding carboxylic acids is 1. The largest absolute Gasteiger partial charge is 0.295 e. The molecule has 70 valence electrons. The van der Waals surface area contributed by atoms with E-state index in [4.69, 9.17) is 0 Å². The van der Waals surface area contributed by atoms with Crippen LogP contribution in [0.4, 0.5) is 0 Å². The fourth-order valence-electron chi connectivity index (χ4n) is 0.543. The van der Waals surface area contributed by atoms with Crippen LogP contribution in [0.5, 0.6) is 0 Å². The Hall–Kier alpha value is -0.680. The van der Waals surface area contributed by atoms with Crippen LogP contribution in [0.15, 0.2) is 12.2 Å². The number of ketones is 1. The molecule has 0 saturated carbocycles. The van der Waals surface area contributed by atoms with Crippen LogP contribution in [-0.4, -0.2) is 27.0 Å². The number of allylic oxidation sites excluding steroid dienone is 1. The molecule has 0 aliphatic rings. The van der Waals surface area contributed by atoms with Crippen LogP contribution in [0.3, 0.4) is 0 Å². The number of hydrogen-bond acceptors (Lipinski definition) is 3. The zero-order chi connectivity index (χ0) is 9.78. The minimum Gasteiger partial charge on any atom is -0.295 e. The van der Waals surface area contributed by atoms with Gasteiger partial charge in [0, 0.05) is 6.42 Å². The SMILES string of the molecule is C=C(C)C(=O)CCS(=O)(=O)NC. The fourth-order valence-corrected chi connectivity index (χ4v) is 1.20. The molecule has 4 nitrogen and oxygen atoms in total. The molecule has 12 heavy (non-hydrogen) atoms. The zero-order valence-corrected chi connectivity index (χ0v) is 8.07. The van der Waals surface area contributed by atoms with Crippen molar-refractivity contribution in [3.8, 4) is 0 Å². The number of carbonyl (C=O) groups is 1. The van der Waals surface area contributed by atoms with Crippen molar-refractivity contribution in [2.45, 2.75) is 13.3 Å². The lowest BCUT2D eigenvalue weighted by Gasteiger charge is -2.00. The Labute approximate surface area is 72.7 Å². The number of hydrogen-bond donors (Lipinski definition) is 1. The quantitative estimate of drug-likeness (QED) is 0.625. The molecule has 0 aromatic heterocycles. The molecule has 0 aromatic carbocycles. The summed E-state index contributed by atoms with van der Waals surface area (Å²) in [6.07, 6.45) is -0.00148. The summed E-state index contributed by atoms with van der Waals surface area (Å²) in [5.41, 5.74) is 0.390. The first-order valence-electron chi connectivity index (χ1n) is 3.49. The van der Waals surface area contributed by atoms with Crippen molar-refractivity contribution in [1.82, 2.24) is 4.72 Å². The molecule has 0 fully saturated rings. The minimum atomic E-state index is -3.26. The predicted molar refractivity (Wildman–Crippen MR) is 47.3 cm³/mol. The van der Waals surface area contributed by atoms with Crippen molar-refractivity contribution in [2.75, 3.05) is 12.8 Å². The molecule has 0 spiro atoms. The van der Waals surface area contributed by atoms with E-state index in [9.17, 15) is 13.2 Å². The van der Waals surface area contributed by atoms with Crippen LogP contribution in [0.25, 0.3) is 0 Å². The van der Waals surface area contributed by atoms with Gasteiger partial charge in [-0.3, -0.25) is 4.79 Å². The third-order valence-corrected chi connectivity index (χ3v) is 2.75. The van der Waals surface area contributed by atoms with Crippen LogP contribution in [-0.2, 0) is 14.8 Å². The van der Waals surface area contributed by atoms with Crippen LogP contribution in [0, 0.1) is 0 Å². The Morgan fingerprint density at radius 1 is 1.50 bits per heavy atom. The molecule has 5 heteroatoms. The van der Waals surface area contributed by atoms with Gasteiger partial charge in [0.2, 0.25) is 10.0 Å². The van der Waals surface area contributed by atoms with Crippen molar-refractivity contribution in [1.29, 1.82) is 0 Å². The van der Waals surface area contributed by atoms with Gasteiger partial charge in [-0.2, -0.15) is 0 Å². The van der Waals surface area contributed by atoms with Gasteiger partial charge in [0.1, 0.15) is 0 Å². The molecule has 0 unspecified atom stereocenters. The highest BCUT2D eigenvalue weighted by Gasteiger charge is 2.10. The summed E-state index contributed by atoms with van der Waals surface area (Å²) in [7, 11) is -1.94. The standard InChI is InChI=1S/C7H13NO3S/c1-6(2)7(9)4-5-12(10,11)8-3/h8H,1,4-5H2,2-3H3. The molecule has 0 saturated heterocycles. The van der Waals surface area contributed by atoms with E-state index in [-0.39, 0.29) is 18.0 Å². The summed E-state index contributed by atoms with van der Waals surface area (Å²) in [4.78, 5) is 10.9. The second kappa shape index (κ2) is 4.37. The Kier molecular flexibility index (Phi) is 4.12. The second-order valence-corrected chi connectivity index (χ2v) is 4.52. The Morgan fingerprint density at radius 2 is 2.00 bits per heavy atom. The molecule has 1 N–H and O–H groups in total. The second-order valence-electron chi connectivity index (χ2n) is 2.48. The maximum atomic E-state index is 10.9. The van der Waals surface area contributed by atoms with Gasteiger partial charge in [-0.25, -0.2) is 13.1 Å². The van der Waals surface area contributed by atoms with Gasteiger partial charge in [-0.05, 0) is 19.5 Å². The number of nitrogens with one attached hydrogen (secondary N) is 1. The normalized spacial score (nSPS) is 11.2. The zero-order valence-electron chi connectivity index (χ0n) is 7.25. The summed E-state index contributed by atoms with van der Waals surface area (Å²) < 4.78 is 23.8. The van der Waals surface area contributed by atoms with E-state index in [0.29, 0.717) is 5.57 Å². The summed E-state index contributed by atoms with van der Waals surface area (Å²) in [5, 5.41) is 0. The number of Topliss-reactive ketones (excluding diaryl/α,β-unsaturated/α-hetero) is 1. The Balaban J connectivity index is 4.02. The van der Waals surface area contributed by atoms with Gasteiger partial charge in [-0.15, -0.1) is 0 Å². The van der Waals surface area contributed by atoms with Gasteiger partial charge >= 0.3 is 0 Å². The summed E-state index contributed by atoms with van der Waals surface area (Å²) in [5.74, 6) is -0.385. The lowest BCUT2D eigenvalue weighted by Crippen LogP contribution is -2.23. The minimum absolute atomic E-state index is 0.00148. The molecule has 0 bridgehead atoms. The van der Waals surface area contributed by atoms with E-state index in [2.05, 4.69) is 11.3 Å². The maximum absolute atomic E-state index is 10.9. The summed E-state index contributed by atoms with van der Waals surface area (Å²) in [6, 6.07) is 0. The van der Waals surface area contributed by atoms with Crippen LogP contribution < -0.4 is 4.72 Å². The van der Waals surface area contributed by atoms with E-state index in [1.807, 2.05) is 0 Å². The van der Waals surface area contributed by atoms with Crippen molar-refractivity contribution in [2.24, 2.45) is 0 Å². The monoisotopic (exact) mass is 191 g/mol. The average Bonchev–Trinajstić information content (AvgIpc) is 2.00. The highest BCUT2D eigenvalue weighted by molar-refractivity contribution is 7.89. The van der Waals surface area contributed by atoms with Crippen molar-refractivity contribution in [3.63, 3.8) is 0 Å². The molecule has 0 atom stereocenters. The van der Waals surface area contributed by atoms with Crippen molar-refractivity contribution < 1.29 is 13.2 Å². The highest BCUT2D eigenvalue weighted by atomic mass is 32.2. The average molecular weight is 191 g/mol. The van der Waals surface area contributed by atoms with Gasteiger partial charge in [0.25, 0.3) is 0 Å². The van der Waals surface area contributed by atoms with E-state index in [1.165, 1.54) is 7.05 Å². The maximum Gasteiger partial charge on any atom is 0.211 e. The van der Waals surface area contributed by atoms with E-state index in [0.717, 1.165) is 0 Å². The topological polar surface area (TPSA) is 63.2 Å². The molecule has 0 aromatic rings. The van der Waals surface area contributed by atoms with Gasteiger partial charge < -0.3 is 0 Å². The summed E-state index contributed by atoms with van der Waals surface area (Å²) >= 11 is 0. The molecule has 0 aliphatic carbocycles. The molecule has 0 radical (unpaired) electrons. The Bertz CT molecular complexity index is 279. The molecule has 0 heterocycles. The van der Waals surface area contributed by atoms with Crippen LogP contribution in [0.2, 0.25) is 0 Å². The van der Waals surface area contributed by atoms with Gasteiger partial charge in [0.05, 0.1) is 5.75 Å². The molecule has 0 rings (SSSR count). The molecule has 0 amide bonds. The highest BCUT2D eigenvalue weighted by Crippen LogP contribution is 1.97. The van der Waals surface area contributed by atoms with Gasteiger partial charge in [0.15, 0.2) is 5.78 Å². The first-order valence-corrected chi connectivity index (χ1v) is 5.14. The van der Waals surface area contributed by atoms with E-state index in [1.54, 1.807) is 6.92 Å². The van der Waals surface area contributed by atoms with Gasteiger partial charge in [-0.1, -0.05) is 6.58 Å². The smallest absolute Gasteiger partial charge is 0.211 e. The fraction of sp³-hybridized carbons (Fsp3) is 0.571. The van der Waals surface area contributed by atoms with E-state index < -0.39 is 10.0 Å². The lowest BCUT2D eigenvalue weighted by atomic mass is 10.2. The number of sulfonamides is 1. The molecular formula is C7H13NO3S. The lowest BCUT2D eigenvalue weighted by molar-refractivity contribution is -0.115. The van der Waals surface area contributed by atoms with Crippen LogP contribution >= 0.6 is 0 Å². The third kappa shape index (κ3) is 4.25.